The number of piperazine rings is 1. The molecule has 1 aliphatic rings. The zero-order valence-electron chi connectivity index (χ0n) is 16.1. The van der Waals surface area contributed by atoms with E-state index < -0.39 is 15.9 Å². The van der Waals surface area contributed by atoms with Crippen LogP contribution in [0.3, 0.4) is 0 Å². The molecule has 10 heteroatoms. The second-order valence-corrected chi connectivity index (χ2v) is 9.52. The van der Waals surface area contributed by atoms with E-state index in [-0.39, 0.29) is 10.5 Å². The van der Waals surface area contributed by atoms with Crippen molar-refractivity contribution in [3.8, 4) is 0 Å². The fourth-order valence-electron chi connectivity index (χ4n) is 3.12. The zero-order valence-corrected chi connectivity index (χ0v) is 18.4. The van der Waals surface area contributed by atoms with Crippen molar-refractivity contribution in [1.29, 1.82) is 0 Å². The van der Waals surface area contributed by atoms with Gasteiger partial charge in [0.05, 0.1) is 5.69 Å². The van der Waals surface area contributed by atoms with E-state index in [0.29, 0.717) is 34.5 Å². The summed E-state index contributed by atoms with van der Waals surface area (Å²) in [6.45, 7) is 3.07. The van der Waals surface area contributed by atoms with Gasteiger partial charge in [-0.3, -0.25) is 4.79 Å². The Morgan fingerprint density at radius 2 is 1.62 bits per heavy atom. The third-order valence-corrected chi connectivity index (χ3v) is 6.62. The zero-order chi connectivity index (χ0) is 21.2. The van der Waals surface area contributed by atoms with Crippen molar-refractivity contribution in [1.82, 2.24) is 9.62 Å². The minimum atomic E-state index is -3.76. The van der Waals surface area contributed by atoms with Gasteiger partial charge >= 0.3 is 0 Å². The molecule has 1 heterocycles. The normalized spacial score (nSPS) is 15.4. The van der Waals surface area contributed by atoms with Crippen LogP contribution < -0.4 is 14.9 Å². The molecule has 1 saturated heterocycles. The van der Waals surface area contributed by atoms with Gasteiger partial charge < -0.3 is 15.1 Å². The van der Waals surface area contributed by atoms with Crippen LogP contribution in [0.15, 0.2) is 41.3 Å². The molecule has 0 radical (unpaired) electrons. The summed E-state index contributed by atoms with van der Waals surface area (Å²) in [5.41, 5.74) is 1.22. The van der Waals surface area contributed by atoms with Crippen LogP contribution in [0.2, 0.25) is 10.0 Å². The number of carbonyl (C=O) groups excluding carboxylic acids is 1. The van der Waals surface area contributed by atoms with E-state index in [1.807, 2.05) is 11.9 Å². The third kappa shape index (κ3) is 5.21. The monoisotopic (exact) mass is 456 g/mol. The Kier molecular flexibility index (Phi) is 6.70. The van der Waals surface area contributed by atoms with Gasteiger partial charge in [-0.05, 0) is 50.5 Å². The molecule has 1 fully saturated rings. The van der Waals surface area contributed by atoms with Gasteiger partial charge in [0.15, 0.2) is 0 Å². The number of benzene rings is 2. The SMILES string of the molecule is CNS(=O)(=O)c1cc(C(=O)Nc2cc(Cl)cc(Cl)c2)ccc1N1CCN(C)CC1. The number of nitrogens with zero attached hydrogens (tertiary/aromatic N) is 2. The Morgan fingerprint density at radius 1 is 1.00 bits per heavy atom. The summed E-state index contributed by atoms with van der Waals surface area (Å²) in [4.78, 5) is 17.0. The van der Waals surface area contributed by atoms with Crippen molar-refractivity contribution >= 4 is 50.5 Å². The number of amides is 1. The molecule has 0 aromatic heterocycles. The Hall–Kier alpha value is -1.84. The molecule has 7 nitrogen and oxygen atoms in total. The van der Waals surface area contributed by atoms with Gasteiger partial charge in [0.2, 0.25) is 10.0 Å². The number of hydrogen-bond acceptors (Lipinski definition) is 5. The molecule has 0 spiro atoms. The van der Waals surface area contributed by atoms with E-state index in [4.69, 9.17) is 23.2 Å². The van der Waals surface area contributed by atoms with Crippen LogP contribution >= 0.6 is 23.2 Å². The van der Waals surface area contributed by atoms with E-state index >= 15 is 0 Å². The van der Waals surface area contributed by atoms with Crippen molar-refractivity contribution in [3.05, 3.63) is 52.0 Å². The molecule has 0 bridgehead atoms. The van der Waals surface area contributed by atoms with Crippen LogP contribution in [0.4, 0.5) is 11.4 Å². The maximum absolute atomic E-state index is 12.7. The number of halogens is 2. The van der Waals surface area contributed by atoms with Crippen molar-refractivity contribution < 1.29 is 13.2 Å². The fraction of sp³-hybridized carbons (Fsp3) is 0.316. The van der Waals surface area contributed by atoms with Crippen LogP contribution in [0.25, 0.3) is 0 Å². The maximum atomic E-state index is 12.7. The summed E-state index contributed by atoms with van der Waals surface area (Å²) in [5, 5.41) is 3.47. The number of carbonyl (C=O) groups is 1. The first-order chi connectivity index (χ1) is 13.7. The smallest absolute Gasteiger partial charge is 0.255 e. The standard InChI is InChI=1S/C19H22Cl2N4O3S/c1-22-29(27,28)18-9-13(3-4-17(18)25-7-5-24(2)6-8-25)19(26)23-16-11-14(20)10-15(21)12-16/h3-4,9-12,22H,5-8H2,1-2H3,(H,23,26). The lowest BCUT2D eigenvalue weighted by atomic mass is 10.1. The highest BCUT2D eigenvalue weighted by Crippen LogP contribution is 2.28. The first-order valence-electron chi connectivity index (χ1n) is 8.98. The van der Waals surface area contributed by atoms with E-state index in [1.165, 1.54) is 13.1 Å². The number of anilines is 2. The number of nitrogens with one attached hydrogen (secondary N) is 2. The number of likely N-dealkylation sites (N-methyl/N-ethyl adjacent to an activating group) is 1. The van der Waals surface area contributed by atoms with Gasteiger partial charge in [-0.25, -0.2) is 13.1 Å². The minimum Gasteiger partial charge on any atom is -0.368 e. The topological polar surface area (TPSA) is 81.7 Å². The van der Waals surface area contributed by atoms with Crippen LogP contribution in [-0.4, -0.2) is 59.5 Å². The van der Waals surface area contributed by atoms with Crippen LogP contribution in [0.1, 0.15) is 10.4 Å². The molecule has 2 aromatic carbocycles. The number of rotatable bonds is 5. The summed E-state index contributed by atoms with van der Waals surface area (Å²) in [6.07, 6.45) is 0. The molecule has 0 unspecified atom stereocenters. The van der Waals surface area contributed by atoms with Crippen LogP contribution in [0.5, 0.6) is 0 Å². The predicted molar refractivity (Wildman–Crippen MR) is 117 cm³/mol. The summed E-state index contributed by atoms with van der Waals surface area (Å²) < 4.78 is 27.6. The quantitative estimate of drug-likeness (QED) is 0.722. The molecule has 0 atom stereocenters. The van der Waals surface area contributed by atoms with Gasteiger partial charge in [0.1, 0.15) is 4.90 Å². The summed E-state index contributed by atoms with van der Waals surface area (Å²) in [5.74, 6) is -0.458. The highest BCUT2D eigenvalue weighted by atomic mass is 35.5. The molecule has 29 heavy (non-hydrogen) atoms. The fourth-order valence-corrected chi connectivity index (χ4v) is 4.62. The average Bonchev–Trinajstić information content (AvgIpc) is 2.67. The molecule has 3 rings (SSSR count). The molecule has 2 aromatic rings. The summed E-state index contributed by atoms with van der Waals surface area (Å²) in [6, 6.07) is 9.37. The average molecular weight is 457 g/mol. The Labute approximate surface area is 180 Å². The van der Waals surface area contributed by atoms with Crippen LogP contribution in [0, 0.1) is 0 Å². The maximum Gasteiger partial charge on any atom is 0.255 e. The van der Waals surface area contributed by atoms with E-state index in [0.717, 1.165) is 13.1 Å². The highest BCUT2D eigenvalue weighted by Gasteiger charge is 2.24. The molecule has 156 valence electrons. The molecule has 1 amide bonds. The van der Waals surface area contributed by atoms with E-state index in [2.05, 4.69) is 14.9 Å². The lowest BCUT2D eigenvalue weighted by Gasteiger charge is -2.35. The van der Waals surface area contributed by atoms with Gasteiger partial charge in [0.25, 0.3) is 5.91 Å². The van der Waals surface area contributed by atoms with Crippen molar-refractivity contribution in [2.75, 3.05) is 50.5 Å². The Bertz CT molecular complexity index is 1000. The second kappa shape index (κ2) is 8.89. The molecule has 1 aliphatic heterocycles. The van der Waals surface area contributed by atoms with Crippen molar-refractivity contribution in [2.24, 2.45) is 0 Å². The van der Waals surface area contributed by atoms with E-state index in [9.17, 15) is 13.2 Å². The second-order valence-electron chi connectivity index (χ2n) is 6.79. The van der Waals surface area contributed by atoms with Crippen molar-refractivity contribution in [3.63, 3.8) is 0 Å². The molecular formula is C19H22Cl2N4O3S. The van der Waals surface area contributed by atoms with E-state index in [1.54, 1.807) is 30.3 Å². The Balaban J connectivity index is 1.94. The summed E-state index contributed by atoms with van der Waals surface area (Å²) in [7, 11) is -0.385. The molecule has 2 N–H and O–H groups in total. The largest absolute Gasteiger partial charge is 0.368 e. The van der Waals surface area contributed by atoms with Gasteiger partial charge in [0, 0.05) is 47.5 Å². The predicted octanol–water partition coefficient (Wildman–Crippen LogP) is 2.91. The lowest BCUT2D eigenvalue weighted by Crippen LogP contribution is -2.45. The first kappa shape index (κ1) is 21.9. The number of hydrogen-bond donors (Lipinski definition) is 2. The Morgan fingerprint density at radius 3 is 2.21 bits per heavy atom. The lowest BCUT2D eigenvalue weighted by molar-refractivity contribution is 0.102. The van der Waals surface area contributed by atoms with Gasteiger partial charge in [-0.2, -0.15) is 0 Å². The van der Waals surface area contributed by atoms with Gasteiger partial charge in [-0.15, -0.1) is 0 Å². The van der Waals surface area contributed by atoms with Crippen molar-refractivity contribution in [2.45, 2.75) is 4.90 Å². The number of sulfonamides is 1. The first-order valence-corrected chi connectivity index (χ1v) is 11.2. The highest BCUT2D eigenvalue weighted by molar-refractivity contribution is 7.89. The molecule has 0 saturated carbocycles. The van der Waals surface area contributed by atoms with Crippen LogP contribution in [-0.2, 0) is 10.0 Å². The van der Waals surface area contributed by atoms with Gasteiger partial charge in [-0.1, -0.05) is 23.2 Å². The molecular weight excluding hydrogens is 435 g/mol. The molecule has 0 aliphatic carbocycles. The minimum absolute atomic E-state index is 0.0707. The third-order valence-electron chi connectivity index (χ3n) is 4.74. The summed E-state index contributed by atoms with van der Waals surface area (Å²) >= 11 is 11.9.